The van der Waals surface area contributed by atoms with Gasteiger partial charge in [0.05, 0.1) is 11.1 Å². The summed E-state index contributed by atoms with van der Waals surface area (Å²) in [6, 6.07) is 5.34. The maximum atomic E-state index is 12.4. The predicted molar refractivity (Wildman–Crippen MR) is 92.3 cm³/mol. The van der Waals surface area contributed by atoms with Gasteiger partial charge >= 0.3 is 5.97 Å². The second kappa shape index (κ2) is 7.27. The first-order valence-electron chi connectivity index (χ1n) is 8.81. The van der Waals surface area contributed by atoms with Crippen LogP contribution >= 0.6 is 0 Å². The monoisotopic (exact) mass is 358 g/mol. The highest BCUT2D eigenvalue weighted by atomic mass is 16.5. The minimum Gasteiger partial charge on any atom is -0.454 e. The van der Waals surface area contributed by atoms with Crippen molar-refractivity contribution in [3.05, 3.63) is 35.4 Å². The van der Waals surface area contributed by atoms with E-state index >= 15 is 0 Å². The topological polar surface area (TPSA) is 84.0 Å². The first kappa shape index (κ1) is 18.1. The van der Waals surface area contributed by atoms with Crippen molar-refractivity contribution in [2.45, 2.75) is 32.7 Å². The summed E-state index contributed by atoms with van der Waals surface area (Å²) in [5, 5.41) is 0. The maximum Gasteiger partial charge on any atom is 0.329 e. The maximum absolute atomic E-state index is 12.4. The Morgan fingerprint density at radius 1 is 1.19 bits per heavy atom. The number of likely N-dealkylation sites (tertiary alicyclic amines) is 1. The number of fused-ring (bicyclic) bond motifs is 1. The number of piperidine rings is 1. The van der Waals surface area contributed by atoms with E-state index in [0.717, 1.165) is 17.7 Å². The zero-order valence-electron chi connectivity index (χ0n) is 14.9. The molecule has 26 heavy (non-hydrogen) atoms. The van der Waals surface area contributed by atoms with Gasteiger partial charge in [-0.05, 0) is 37.8 Å². The van der Waals surface area contributed by atoms with Gasteiger partial charge in [-0.1, -0.05) is 19.1 Å². The lowest BCUT2D eigenvalue weighted by molar-refractivity contribution is -0.155. The number of imide groups is 1. The number of rotatable bonds is 4. The van der Waals surface area contributed by atoms with Crippen molar-refractivity contribution in [1.29, 1.82) is 0 Å². The highest BCUT2D eigenvalue weighted by molar-refractivity contribution is 6.22. The lowest BCUT2D eigenvalue weighted by Gasteiger charge is -2.31. The van der Waals surface area contributed by atoms with Gasteiger partial charge in [0, 0.05) is 13.1 Å². The summed E-state index contributed by atoms with van der Waals surface area (Å²) >= 11 is 0. The molecule has 3 amide bonds. The summed E-state index contributed by atoms with van der Waals surface area (Å²) < 4.78 is 5.09. The fourth-order valence-electron chi connectivity index (χ4n) is 3.43. The molecule has 2 heterocycles. The van der Waals surface area contributed by atoms with Gasteiger partial charge in [-0.2, -0.15) is 0 Å². The highest BCUT2D eigenvalue weighted by Crippen LogP contribution is 2.24. The Labute approximate surface area is 151 Å². The highest BCUT2D eigenvalue weighted by Gasteiger charge is 2.41. The molecule has 0 radical (unpaired) electrons. The third kappa shape index (κ3) is 3.34. The Kier molecular flexibility index (Phi) is 5.06. The van der Waals surface area contributed by atoms with E-state index in [9.17, 15) is 19.2 Å². The van der Waals surface area contributed by atoms with Gasteiger partial charge in [-0.15, -0.1) is 0 Å². The lowest BCUT2D eigenvalue weighted by Crippen LogP contribution is -2.45. The van der Waals surface area contributed by atoms with Crippen LogP contribution in [0.15, 0.2) is 24.3 Å². The van der Waals surface area contributed by atoms with E-state index in [-0.39, 0.29) is 23.6 Å². The van der Waals surface area contributed by atoms with E-state index in [0.29, 0.717) is 19.0 Å². The van der Waals surface area contributed by atoms with Gasteiger partial charge in [0.1, 0.15) is 6.04 Å². The van der Waals surface area contributed by atoms with Gasteiger partial charge in [-0.25, -0.2) is 4.79 Å². The summed E-state index contributed by atoms with van der Waals surface area (Å²) in [7, 11) is 0. The van der Waals surface area contributed by atoms with Crippen LogP contribution in [0.4, 0.5) is 0 Å². The molecule has 0 spiro atoms. The largest absolute Gasteiger partial charge is 0.454 e. The Morgan fingerprint density at radius 3 is 2.38 bits per heavy atom. The van der Waals surface area contributed by atoms with Crippen LogP contribution in [0, 0.1) is 5.92 Å². The molecule has 7 nitrogen and oxygen atoms in total. The predicted octanol–water partition coefficient (Wildman–Crippen LogP) is 1.47. The number of benzene rings is 1. The van der Waals surface area contributed by atoms with Gasteiger partial charge in [-0.3, -0.25) is 19.3 Å². The van der Waals surface area contributed by atoms with E-state index in [1.807, 2.05) is 0 Å². The number of carbonyl (C=O) groups excluding carboxylic acids is 4. The number of ether oxygens (including phenoxy) is 1. The van der Waals surface area contributed by atoms with Crippen molar-refractivity contribution in [2.24, 2.45) is 5.92 Å². The van der Waals surface area contributed by atoms with Crippen LogP contribution in [0.1, 0.15) is 47.4 Å². The molecule has 2 aliphatic rings. The van der Waals surface area contributed by atoms with Crippen LogP contribution in [0.5, 0.6) is 0 Å². The van der Waals surface area contributed by atoms with E-state index in [2.05, 4.69) is 6.92 Å². The molecule has 0 saturated carbocycles. The minimum atomic E-state index is -1.09. The number of hydrogen-bond acceptors (Lipinski definition) is 5. The van der Waals surface area contributed by atoms with Gasteiger partial charge < -0.3 is 9.64 Å². The summed E-state index contributed by atoms with van der Waals surface area (Å²) in [4.78, 5) is 51.9. The molecule has 3 rings (SSSR count). The van der Waals surface area contributed by atoms with Crippen LogP contribution in [0.3, 0.4) is 0 Å². The summed E-state index contributed by atoms with van der Waals surface area (Å²) in [6.45, 7) is 4.45. The van der Waals surface area contributed by atoms with E-state index in [1.165, 1.54) is 6.92 Å². The number of hydrogen-bond donors (Lipinski definition) is 0. The molecule has 1 fully saturated rings. The van der Waals surface area contributed by atoms with Crippen LogP contribution < -0.4 is 0 Å². The lowest BCUT2D eigenvalue weighted by atomic mass is 10.0. The summed E-state index contributed by atoms with van der Waals surface area (Å²) in [5.74, 6) is -1.63. The van der Waals surface area contributed by atoms with Crippen molar-refractivity contribution >= 4 is 23.7 Å². The molecule has 1 aromatic carbocycles. The molecule has 0 aromatic heterocycles. The molecule has 0 bridgehead atoms. The molecule has 0 unspecified atom stereocenters. The van der Waals surface area contributed by atoms with Crippen molar-refractivity contribution in [3.8, 4) is 0 Å². The smallest absolute Gasteiger partial charge is 0.329 e. The van der Waals surface area contributed by atoms with E-state index in [1.54, 1.807) is 29.2 Å². The molecular weight excluding hydrogens is 336 g/mol. The average Bonchev–Trinajstić information content (AvgIpc) is 2.90. The first-order valence-corrected chi connectivity index (χ1v) is 8.81. The second-order valence-electron chi connectivity index (χ2n) is 6.90. The molecular formula is C19H22N2O5. The molecule has 2 aliphatic heterocycles. The van der Waals surface area contributed by atoms with E-state index in [4.69, 9.17) is 4.74 Å². The van der Waals surface area contributed by atoms with Crippen LogP contribution in [0.2, 0.25) is 0 Å². The van der Waals surface area contributed by atoms with Crippen LogP contribution in [-0.4, -0.2) is 59.2 Å². The van der Waals surface area contributed by atoms with E-state index < -0.39 is 23.8 Å². The zero-order valence-corrected chi connectivity index (χ0v) is 14.9. The Balaban J connectivity index is 1.59. The fourth-order valence-corrected chi connectivity index (χ4v) is 3.43. The van der Waals surface area contributed by atoms with Crippen molar-refractivity contribution in [1.82, 2.24) is 9.80 Å². The number of nitrogens with zero attached hydrogens (tertiary/aromatic N) is 2. The fraction of sp³-hybridized carbons (Fsp3) is 0.474. The quantitative estimate of drug-likeness (QED) is 0.601. The molecule has 138 valence electrons. The van der Waals surface area contributed by atoms with Crippen LogP contribution in [-0.2, 0) is 14.3 Å². The van der Waals surface area contributed by atoms with Gasteiger partial charge in [0.15, 0.2) is 6.61 Å². The second-order valence-corrected chi connectivity index (χ2v) is 6.90. The zero-order chi connectivity index (χ0) is 18.8. The molecule has 0 N–H and O–H groups in total. The molecule has 7 heteroatoms. The van der Waals surface area contributed by atoms with Crippen molar-refractivity contribution in [3.63, 3.8) is 0 Å². The third-order valence-corrected chi connectivity index (χ3v) is 4.90. The Hall–Kier alpha value is -2.70. The molecule has 0 aliphatic carbocycles. The molecule has 1 aromatic rings. The standard InChI is InChI=1S/C19H22N2O5/c1-12-6-5-9-20(10-12)16(22)11-26-19(25)13(2)21-17(23)14-7-3-4-8-15(14)18(21)24/h3-4,7-8,12-13H,5-6,9-11H2,1-2H3/t12-,13-/m0/s1. The SMILES string of the molecule is C[C@H]1CCCN(C(=O)COC(=O)[C@H](C)N2C(=O)c3ccccc3C2=O)C1. The van der Waals surface area contributed by atoms with Crippen molar-refractivity contribution < 1.29 is 23.9 Å². The number of carbonyl (C=O) groups is 4. The van der Waals surface area contributed by atoms with Crippen molar-refractivity contribution in [2.75, 3.05) is 19.7 Å². The van der Waals surface area contributed by atoms with Crippen LogP contribution in [0.25, 0.3) is 0 Å². The molecule has 1 saturated heterocycles. The third-order valence-electron chi connectivity index (χ3n) is 4.90. The number of amides is 3. The van der Waals surface area contributed by atoms with Gasteiger partial charge in [0.25, 0.3) is 17.7 Å². The summed E-state index contributed by atoms with van der Waals surface area (Å²) in [5.41, 5.74) is 0.547. The normalized spacial score (nSPS) is 20.8. The molecule has 2 atom stereocenters. The number of esters is 1. The Morgan fingerprint density at radius 2 is 1.81 bits per heavy atom. The van der Waals surface area contributed by atoms with Gasteiger partial charge in [0.2, 0.25) is 0 Å². The minimum absolute atomic E-state index is 0.250. The average molecular weight is 358 g/mol. The Bertz CT molecular complexity index is 725. The summed E-state index contributed by atoms with van der Waals surface area (Å²) in [6.07, 6.45) is 2.02. The first-order chi connectivity index (χ1) is 12.4.